The first-order valence-corrected chi connectivity index (χ1v) is 15.6. The lowest BCUT2D eigenvalue weighted by atomic mass is 10.7. The molecule has 0 aliphatic rings. The number of nitrogens with one attached hydrogen (secondary N) is 1. The Morgan fingerprint density at radius 2 is 0.541 bits per heavy atom. The molecule has 1 N–H and O–H groups in total. The molecule has 0 aromatic heterocycles. The standard InChI is InChI=1S/C13H16F18N3P3/c1-35(32,33-36(2-8(14,15)16,3-9(17,18)19)4-10(20,21)22)34-37(5-11(23,24)25,6-12(26,27)28)7-13(29,30)31/h32H,2-7H2,1H3. The number of hydrogen-bond donors (Lipinski definition) is 1. The second-order valence-corrected chi connectivity index (χ2v) is 17.5. The maximum atomic E-state index is 13.0. The topological polar surface area (TPSA) is 48.6 Å². The lowest BCUT2D eigenvalue weighted by molar-refractivity contribution is -0.120. The van der Waals surface area contributed by atoms with Crippen molar-refractivity contribution in [1.82, 2.24) is 0 Å². The minimum absolute atomic E-state index is 0.0667. The average Bonchev–Trinajstić information content (AvgIpc) is 2.29. The molecule has 3 nitrogen and oxygen atoms in total. The second-order valence-electron chi connectivity index (χ2n) is 7.92. The smallest absolute Gasteiger partial charge is 0.278 e. The highest BCUT2D eigenvalue weighted by atomic mass is 31.2. The fourth-order valence-corrected chi connectivity index (χ4v) is 15.9. The van der Waals surface area contributed by atoms with Crippen LogP contribution in [0.5, 0.6) is 0 Å². The fourth-order valence-electron chi connectivity index (χ4n) is 3.28. The third-order valence-electron chi connectivity index (χ3n) is 3.57. The number of halogens is 18. The molecule has 0 unspecified atom stereocenters. The molecule has 0 aromatic rings. The van der Waals surface area contributed by atoms with Gasteiger partial charge in [0.2, 0.25) is 0 Å². The van der Waals surface area contributed by atoms with E-state index in [9.17, 15) is 79.0 Å². The van der Waals surface area contributed by atoms with E-state index in [4.69, 9.17) is 5.16 Å². The van der Waals surface area contributed by atoms with Gasteiger partial charge in [0.15, 0.2) is 7.36 Å². The van der Waals surface area contributed by atoms with Gasteiger partial charge in [0.1, 0.15) is 0 Å². The summed E-state index contributed by atoms with van der Waals surface area (Å²) in [7, 11) is -17.7. The van der Waals surface area contributed by atoms with Gasteiger partial charge in [0.25, 0.3) is 0 Å². The molecule has 0 bridgehead atoms. The van der Waals surface area contributed by atoms with Crippen molar-refractivity contribution in [1.29, 1.82) is 5.16 Å². The van der Waals surface area contributed by atoms with Gasteiger partial charge in [-0.25, -0.2) is 9.03 Å². The van der Waals surface area contributed by atoms with Crippen molar-refractivity contribution >= 4 is 21.5 Å². The Labute approximate surface area is 196 Å². The quantitative estimate of drug-likeness (QED) is 0.201. The third-order valence-corrected chi connectivity index (χ3v) is 15.1. The second kappa shape index (κ2) is 11.1. The molecule has 0 saturated heterocycles. The summed E-state index contributed by atoms with van der Waals surface area (Å²) in [4.78, 5) is 0. The Morgan fingerprint density at radius 3 is 0.649 bits per heavy atom. The van der Waals surface area contributed by atoms with E-state index in [2.05, 4.69) is 9.03 Å². The predicted octanol–water partition coefficient (Wildman–Crippen LogP) is 10.0. The van der Waals surface area contributed by atoms with Crippen molar-refractivity contribution in [2.75, 3.05) is 43.6 Å². The first-order chi connectivity index (χ1) is 15.7. The number of rotatable bonds is 8. The normalized spacial score (nSPS) is 15.6. The van der Waals surface area contributed by atoms with Crippen LogP contribution in [0.25, 0.3) is 0 Å². The number of hydrogen-bond acceptors (Lipinski definition) is 1. The highest BCUT2D eigenvalue weighted by Crippen LogP contribution is 2.72. The van der Waals surface area contributed by atoms with Gasteiger partial charge in [-0.2, -0.15) is 79.0 Å². The summed E-state index contributed by atoms with van der Waals surface area (Å²) < 4.78 is 239. The molecule has 224 valence electrons. The molecule has 37 heavy (non-hydrogen) atoms. The van der Waals surface area contributed by atoms with Crippen LogP contribution < -0.4 is 0 Å². The third kappa shape index (κ3) is 17.6. The van der Waals surface area contributed by atoms with E-state index in [1.54, 1.807) is 0 Å². The molecule has 0 aromatic carbocycles. The molecular weight excluding hydrogens is 633 g/mol. The Bertz CT molecular complexity index is 764. The van der Waals surface area contributed by atoms with Crippen LogP contribution in [-0.2, 0) is 0 Å². The summed E-state index contributed by atoms with van der Waals surface area (Å²) in [5, 5.41) is 7.71. The highest BCUT2D eigenvalue weighted by molar-refractivity contribution is 7.80. The lowest BCUT2D eigenvalue weighted by Crippen LogP contribution is -2.28. The minimum Gasteiger partial charge on any atom is -0.278 e. The van der Waals surface area contributed by atoms with E-state index in [-0.39, 0.29) is 6.66 Å². The highest BCUT2D eigenvalue weighted by Gasteiger charge is 2.52. The van der Waals surface area contributed by atoms with Crippen LogP contribution in [0.1, 0.15) is 0 Å². The maximum Gasteiger partial charge on any atom is 0.394 e. The van der Waals surface area contributed by atoms with Gasteiger partial charge in [-0.3, -0.25) is 5.16 Å². The van der Waals surface area contributed by atoms with Gasteiger partial charge in [-0.15, -0.1) is 0 Å². The minimum atomic E-state index is -6.03. The first kappa shape index (κ1) is 36.4. The van der Waals surface area contributed by atoms with Gasteiger partial charge in [-0.1, -0.05) is 0 Å². The molecule has 0 fully saturated rings. The molecule has 24 heteroatoms. The van der Waals surface area contributed by atoms with E-state index in [1.807, 2.05) is 0 Å². The fraction of sp³-hybridized carbons (Fsp3) is 1.00. The zero-order valence-electron chi connectivity index (χ0n) is 17.8. The zero-order valence-corrected chi connectivity index (χ0v) is 20.5. The summed E-state index contributed by atoms with van der Waals surface area (Å²) in [6.45, 7) is -0.0667. The molecule has 0 amide bonds. The maximum absolute atomic E-state index is 13.0. The van der Waals surface area contributed by atoms with Crippen LogP contribution in [0.2, 0.25) is 0 Å². The molecule has 0 heterocycles. The monoisotopic (exact) mass is 649 g/mol. The van der Waals surface area contributed by atoms with E-state index < -0.39 is 95.5 Å². The predicted molar refractivity (Wildman–Crippen MR) is 99.8 cm³/mol. The van der Waals surface area contributed by atoms with Gasteiger partial charge in [0.05, 0.1) is 37.0 Å². The summed E-state index contributed by atoms with van der Waals surface area (Å²) in [5.41, 5.74) is 0. The van der Waals surface area contributed by atoms with E-state index >= 15 is 0 Å². The summed E-state index contributed by atoms with van der Waals surface area (Å²) in [5.74, 6) is 0. The molecule has 0 aliphatic heterocycles. The van der Waals surface area contributed by atoms with Crippen LogP contribution in [-0.4, -0.2) is 80.7 Å². The van der Waals surface area contributed by atoms with Crippen molar-refractivity contribution in [3.63, 3.8) is 0 Å². The van der Waals surface area contributed by atoms with Crippen LogP contribution in [0, 0.1) is 5.16 Å². The van der Waals surface area contributed by atoms with Crippen molar-refractivity contribution in [3.05, 3.63) is 0 Å². The molecule has 0 spiro atoms. The largest absolute Gasteiger partial charge is 0.394 e. The molecule has 0 rings (SSSR count). The Morgan fingerprint density at radius 1 is 0.405 bits per heavy atom. The van der Waals surface area contributed by atoms with Crippen LogP contribution in [0.15, 0.2) is 9.03 Å². The average molecular weight is 649 g/mol. The van der Waals surface area contributed by atoms with Crippen molar-refractivity contribution < 1.29 is 79.0 Å². The summed E-state index contributed by atoms with van der Waals surface area (Å²) in [6.07, 6.45) is -53.1. The molecule has 0 aliphatic carbocycles. The Balaban J connectivity index is 7.68. The molecule has 0 saturated carbocycles. The van der Waals surface area contributed by atoms with Crippen molar-refractivity contribution in [2.45, 2.75) is 37.1 Å². The first-order valence-electron chi connectivity index (χ1n) is 8.89. The molecular formula is C13H16F18N3P3. The van der Waals surface area contributed by atoms with Crippen LogP contribution in [0.3, 0.4) is 0 Å². The van der Waals surface area contributed by atoms with Gasteiger partial charge in [0, 0.05) is 20.8 Å². The molecule has 0 atom stereocenters. The Kier molecular flexibility index (Phi) is 11.0. The van der Waals surface area contributed by atoms with Gasteiger partial charge >= 0.3 is 37.1 Å². The summed E-state index contributed by atoms with van der Waals surface area (Å²) in [6, 6.07) is 0. The zero-order chi connectivity index (χ0) is 30.2. The van der Waals surface area contributed by atoms with Crippen LogP contribution in [0.4, 0.5) is 79.0 Å². The number of alkyl halides is 18. The van der Waals surface area contributed by atoms with Gasteiger partial charge in [-0.05, 0) is 0 Å². The lowest BCUT2D eigenvalue weighted by Gasteiger charge is -2.32. The van der Waals surface area contributed by atoms with E-state index in [1.165, 1.54) is 0 Å². The SMILES string of the molecule is CP(=N)(N=P(CC(F)(F)F)(CC(F)(F)F)CC(F)(F)F)N=P(CC(F)(F)F)(CC(F)(F)F)CC(F)(F)F. The van der Waals surface area contributed by atoms with Crippen LogP contribution >= 0.6 is 21.5 Å². The van der Waals surface area contributed by atoms with Gasteiger partial charge < -0.3 is 0 Å². The van der Waals surface area contributed by atoms with Crippen molar-refractivity contribution in [2.24, 2.45) is 9.03 Å². The van der Waals surface area contributed by atoms with E-state index in [0.29, 0.717) is 0 Å². The molecule has 0 radical (unpaired) electrons. The summed E-state index contributed by atoms with van der Waals surface area (Å²) >= 11 is 0. The number of nitrogens with zero attached hydrogens (tertiary/aromatic N) is 2. The van der Waals surface area contributed by atoms with E-state index in [0.717, 1.165) is 0 Å². The van der Waals surface area contributed by atoms with Crippen molar-refractivity contribution in [3.8, 4) is 0 Å². The Hall–Kier alpha value is -0.570.